The minimum absolute atomic E-state index is 0.121. The lowest BCUT2D eigenvalue weighted by molar-refractivity contribution is -0.129. The van der Waals surface area contributed by atoms with E-state index in [4.69, 9.17) is 4.52 Å². The number of hydrogen-bond donors (Lipinski definition) is 2. The van der Waals surface area contributed by atoms with Gasteiger partial charge in [-0.1, -0.05) is 43.3 Å². The molecule has 12 heteroatoms. The first-order valence-corrected chi connectivity index (χ1v) is 14.2. The summed E-state index contributed by atoms with van der Waals surface area (Å²) in [5, 5.41) is 9.11. The smallest absolute Gasteiger partial charge is 0.260 e. The summed E-state index contributed by atoms with van der Waals surface area (Å²) in [4.78, 5) is 43.2. The minimum atomic E-state index is -3.93. The maximum absolute atomic E-state index is 13.4. The van der Waals surface area contributed by atoms with Gasteiger partial charge in [-0.05, 0) is 44.2 Å². The molecule has 2 atom stereocenters. The Morgan fingerprint density at radius 2 is 1.95 bits per heavy atom. The molecule has 37 heavy (non-hydrogen) atoms. The molecule has 3 heterocycles. The zero-order valence-electron chi connectivity index (χ0n) is 20.9. The molecular weight excluding hydrogens is 498 g/mol. The molecule has 1 saturated carbocycles. The van der Waals surface area contributed by atoms with Gasteiger partial charge in [0.15, 0.2) is 10.8 Å². The second-order valence-corrected chi connectivity index (χ2v) is 11.6. The molecule has 2 aromatic rings. The molecule has 1 aliphatic carbocycles. The zero-order valence-corrected chi connectivity index (χ0v) is 21.7. The molecule has 2 amide bonds. The van der Waals surface area contributed by atoms with Gasteiger partial charge in [-0.3, -0.25) is 14.4 Å². The van der Waals surface area contributed by atoms with E-state index in [1.54, 1.807) is 19.1 Å². The summed E-state index contributed by atoms with van der Waals surface area (Å²) in [6, 6.07) is 2.89. The number of nitrogens with one attached hydrogen (secondary N) is 2. The van der Waals surface area contributed by atoms with Gasteiger partial charge in [0.05, 0.1) is 18.8 Å². The quantitative estimate of drug-likeness (QED) is 0.525. The van der Waals surface area contributed by atoms with Gasteiger partial charge in [0.2, 0.25) is 5.91 Å². The molecular formula is C25H33N5O6S. The number of Topliss-reactive ketones (excluding diaryl/α,β-unsaturated/α-hetero) is 1. The molecule has 1 aliphatic heterocycles. The van der Waals surface area contributed by atoms with Gasteiger partial charge in [0, 0.05) is 12.7 Å². The van der Waals surface area contributed by atoms with Crippen LogP contribution in [0.5, 0.6) is 0 Å². The summed E-state index contributed by atoms with van der Waals surface area (Å²) in [6.45, 7) is 1.41. The summed E-state index contributed by atoms with van der Waals surface area (Å²) >= 11 is 0. The highest BCUT2D eigenvalue weighted by molar-refractivity contribution is 7.89. The molecule has 0 bridgehead atoms. The topological polar surface area (TPSA) is 152 Å². The van der Waals surface area contributed by atoms with E-state index < -0.39 is 39.7 Å². The Bertz CT molecular complexity index is 1210. The van der Waals surface area contributed by atoms with E-state index in [0.717, 1.165) is 36.4 Å². The first-order valence-electron chi connectivity index (χ1n) is 12.7. The highest BCUT2D eigenvalue weighted by Crippen LogP contribution is 2.28. The number of aromatic nitrogens is 2. The van der Waals surface area contributed by atoms with Crippen LogP contribution in [0.25, 0.3) is 0 Å². The Kier molecular flexibility index (Phi) is 8.70. The largest absolute Gasteiger partial charge is 0.361 e. The number of carbonyl (C=O) groups excluding carboxylic acids is 3. The van der Waals surface area contributed by atoms with Crippen LogP contribution in [0.4, 0.5) is 0 Å². The van der Waals surface area contributed by atoms with Gasteiger partial charge >= 0.3 is 0 Å². The van der Waals surface area contributed by atoms with E-state index in [1.807, 2.05) is 0 Å². The number of pyridine rings is 1. The number of carbonyl (C=O) groups is 3. The van der Waals surface area contributed by atoms with Crippen molar-refractivity contribution in [2.24, 2.45) is 5.92 Å². The van der Waals surface area contributed by atoms with Crippen LogP contribution in [0.2, 0.25) is 0 Å². The molecule has 11 nitrogen and oxygen atoms in total. The summed E-state index contributed by atoms with van der Waals surface area (Å²) in [6.07, 6.45) is 9.14. The van der Waals surface area contributed by atoms with Crippen molar-refractivity contribution >= 4 is 27.6 Å². The Morgan fingerprint density at radius 3 is 2.62 bits per heavy atom. The molecule has 0 unspecified atom stereocenters. The summed E-state index contributed by atoms with van der Waals surface area (Å²) in [5.41, 5.74) is 0.252. The highest BCUT2D eigenvalue weighted by atomic mass is 32.2. The Balaban J connectivity index is 1.45. The monoisotopic (exact) mass is 531 g/mol. The number of nitrogens with zero attached hydrogens (tertiary/aromatic N) is 3. The van der Waals surface area contributed by atoms with Crippen molar-refractivity contribution in [2.45, 2.75) is 75.4 Å². The molecule has 4 rings (SSSR count). The second kappa shape index (κ2) is 12.0. The first-order chi connectivity index (χ1) is 17.8. The molecule has 2 N–H and O–H groups in total. The number of amides is 2. The van der Waals surface area contributed by atoms with Crippen LogP contribution < -0.4 is 10.6 Å². The number of aryl methyl sites for hydroxylation is 1. The molecule has 0 radical (unpaired) electrons. The molecule has 2 aliphatic rings. The molecule has 2 fully saturated rings. The first kappa shape index (κ1) is 26.9. The van der Waals surface area contributed by atoms with Crippen LogP contribution in [0.15, 0.2) is 40.1 Å². The van der Waals surface area contributed by atoms with Crippen LogP contribution in [0.1, 0.15) is 67.5 Å². The summed E-state index contributed by atoms with van der Waals surface area (Å²) in [7, 11) is -3.93. The van der Waals surface area contributed by atoms with Crippen molar-refractivity contribution in [1.82, 2.24) is 25.1 Å². The lowest BCUT2D eigenvalue weighted by atomic mass is 9.84. The van der Waals surface area contributed by atoms with Gasteiger partial charge in [-0.25, -0.2) is 13.4 Å². The van der Waals surface area contributed by atoms with E-state index in [2.05, 4.69) is 20.8 Å². The highest BCUT2D eigenvalue weighted by Gasteiger charge is 2.35. The van der Waals surface area contributed by atoms with Crippen molar-refractivity contribution < 1.29 is 27.3 Å². The fourth-order valence-electron chi connectivity index (χ4n) is 5.00. The molecule has 1 saturated heterocycles. The second-order valence-electron chi connectivity index (χ2n) is 9.74. The Hall–Kier alpha value is -3.12. The fraction of sp³-hybridized carbons (Fsp3) is 0.560. The molecule has 0 aromatic carbocycles. The predicted molar refractivity (Wildman–Crippen MR) is 133 cm³/mol. The normalized spacial score (nSPS) is 20.7. The average Bonchev–Trinajstić information content (AvgIpc) is 3.24. The third-order valence-corrected chi connectivity index (χ3v) is 8.85. The average molecular weight is 532 g/mol. The fourth-order valence-corrected chi connectivity index (χ4v) is 6.37. The number of sulfonamides is 1. The van der Waals surface area contributed by atoms with Crippen molar-refractivity contribution in [3.8, 4) is 0 Å². The molecule has 200 valence electrons. The van der Waals surface area contributed by atoms with E-state index >= 15 is 0 Å². The van der Waals surface area contributed by atoms with Gasteiger partial charge < -0.3 is 15.2 Å². The minimum Gasteiger partial charge on any atom is -0.361 e. The van der Waals surface area contributed by atoms with Gasteiger partial charge in [-0.2, -0.15) is 4.31 Å². The van der Waals surface area contributed by atoms with Crippen LogP contribution in [0.3, 0.4) is 0 Å². The van der Waals surface area contributed by atoms with Crippen molar-refractivity contribution in [2.75, 3.05) is 13.1 Å². The maximum atomic E-state index is 13.4. The van der Waals surface area contributed by atoms with E-state index in [-0.39, 0.29) is 29.6 Å². The van der Waals surface area contributed by atoms with Crippen LogP contribution >= 0.6 is 0 Å². The predicted octanol–water partition coefficient (Wildman–Crippen LogP) is 1.99. The lowest BCUT2D eigenvalue weighted by Gasteiger charge is -2.27. The number of ketones is 1. The van der Waals surface area contributed by atoms with Crippen LogP contribution in [0, 0.1) is 12.8 Å². The Morgan fingerprint density at radius 1 is 1.16 bits per heavy atom. The van der Waals surface area contributed by atoms with Crippen molar-refractivity contribution in [1.29, 1.82) is 0 Å². The zero-order chi connectivity index (χ0) is 26.4. The van der Waals surface area contributed by atoms with E-state index in [1.165, 1.54) is 18.5 Å². The maximum Gasteiger partial charge on any atom is 0.260 e. The lowest BCUT2D eigenvalue weighted by Crippen LogP contribution is -2.53. The number of hydrogen-bond acceptors (Lipinski definition) is 8. The SMILES string of the molecule is Cc1oncc1C(=O)N[C@@H](CC1CCCCC1)C(=O)N[C@H]1CCCN(S(=O)(=O)c2ccccn2)CC1=O. The van der Waals surface area contributed by atoms with Crippen molar-refractivity contribution in [3.05, 3.63) is 41.9 Å². The van der Waals surface area contributed by atoms with Crippen LogP contribution in [-0.4, -0.2) is 65.6 Å². The summed E-state index contributed by atoms with van der Waals surface area (Å²) < 4.78 is 32.0. The standard InChI is InChI=1S/C25H33N5O6S/c1-17-19(15-27-36-17)24(32)29-21(14-18-8-3-2-4-9-18)25(33)28-20-10-7-13-30(16-22(20)31)37(34,35)23-11-5-6-12-26-23/h5-6,11-12,15,18,20-21H,2-4,7-10,13-14,16H2,1H3,(H,28,33)(H,29,32)/t20-,21-/m0/s1. The van der Waals surface area contributed by atoms with Crippen LogP contribution in [-0.2, 0) is 19.6 Å². The third kappa shape index (κ3) is 6.61. The summed E-state index contributed by atoms with van der Waals surface area (Å²) in [5.74, 6) is -0.676. The van der Waals surface area contributed by atoms with Gasteiger partial charge in [0.1, 0.15) is 17.4 Å². The Labute approximate surface area is 216 Å². The third-order valence-electron chi connectivity index (χ3n) is 7.09. The van der Waals surface area contributed by atoms with E-state index in [0.29, 0.717) is 25.0 Å². The van der Waals surface area contributed by atoms with Crippen molar-refractivity contribution in [3.63, 3.8) is 0 Å². The number of rotatable bonds is 8. The van der Waals surface area contributed by atoms with E-state index in [9.17, 15) is 22.8 Å². The molecule has 2 aromatic heterocycles. The van der Waals surface area contributed by atoms with Gasteiger partial charge in [0.25, 0.3) is 15.9 Å². The van der Waals surface area contributed by atoms with Gasteiger partial charge in [-0.15, -0.1) is 0 Å². The molecule has 0 spiro atoms.